The molecule has 2 saturated heterocycles. The normalized spacial score (nSPS) is 25.7. The fraction of sp³-hybridized carbons (Fsp3) is 0.846. The van der Waals surface area contributed by atoms with Crippen LogP contribution in [0.25, 0.3) is 0 Å². The summed E-state index contributed by atoms with van der Waals surface area (Å²) in [5.41, 5.74) is -0.512. The van der Waals surface area contributed by atoms with Crippen LogP contribution in [0.1, 0.15) is 32.6 Å². The number of aliphatic carboxylic acids is 1. The van der Waals surface area contributed by atoms with Gasteiger partial charge >= 0.3 is 5.97 Å². The molecular formula is C13H21NO5. The first-order valence-corrected chi connectivity index (χ1v) is 6.74. The van der Waals surface area contributed by atoms with Crippen LogP contribution in [0.2, 0.25) is 0 Å². The van der Waals surface area contributed by atoms with Crippen molar-refractivity contribution in [3.8, 4) is 0 Å². The van der Waals surface area contributed by atoms with Gasteiger partial charge in [0.15, 0.2) is 0 Å². The van der Waals surface area contributed by atoms with Crippen molar-refractivity contribution < 1.29 is 24.2 Å². The summed E-state index contributed by atoms with van der Waals surface area (Å²) < 4.78 is 10.8. The fourth-order valence-corrected chi connectivity index (χ4v) is 2.56. The third kappa shape index (κ3) is 3.91. The van der Waals surface area contributed by atoms with Crippen LogP contribution < -0.4 is 0 Å². The van der Waals surface area contributed by atoms with Gasteiger partial charge in [0.1, 0.15) is 12.2 Å². The average Bonchev–Trinajstić information content (AvgIpc) is 2.34. The molecule has 2 heterocycles. The Balaban J connectivity index is 1.70. The molecule has 2 fully saturated rings. The van der Waals surface area contributed by atoms with Gasteiger partial charge < -0.3 is 19.5 Å². The highest BCUT2D eigenvalue weighted by Gasteiger charge is 2.43. The number of carbonyl (C=O) groups excluding carboxylic acids is 1. The molecule has 6 nitrogen and oxygen atoms in total. The molecule has 108 valence electrons. The van der Waals surface area contributed by atoms with Crippen LogP contribution >= 0.6 is 0 Å². The first-order valence-electron chi connectivity index (χ1n) is 6.74. The summed E-state index contributed by atoms with van der Waals surface area (Å²) in [5, 5.41) is 8.57. The molecule has 19 heavy (non-hydrogen) atoms. The molecular weight excluding hydrogens is 250 g/mol. The van der Waals surface area contributed by atoms with Crippen molar-refractivity contribution in [1.29, 1.82) is 0 Å². The summed E-state index contributed by atoms with van der Waals surface area (Å²) in [5.74, 6) is -0.912. The van der Waals surface area contributed by atoms with E-state index in [0.29, 0.717) is 19.5 Å². The van der Waals surface area contributed by atoms with E-state index in [1.807, 2.05) is 6.92 Å². The van der Waals surface area contributed by atoms with Gasteiger partial charge in [-0.25, -0.2) is 4.79 Å². The molecule has 0 saturated carbocycles. The molecule has 2 aliphatic heterocycles. The van der Waals surface area contributed by atoms with Gasteiger partial charge in [-0.05, 0) is 26.2 Å². The largest absolute Gasteiger partial charge is 0.480 e. The monoisotopic (exact) mass is 271 g/mol. The van der Waals surface area contributed by atoms with Gasteiger partial charge in [0.25, 0.3) is 0 Å². The molecule has 6 heteroatoms. The molecule has 0 bridgehead atoms. The Hall–Kier alpha value is -1.14. The summed E-state index contributed by atoms with van der Waals surface area (Å²) in [6.07, 6.45) is 3.63. The van der Waals surface area contributed by atoms with E-state index in [1.54, 1.807) is 4.90 Å². The third-order valence-electron chi connectivity index (χ3n) is 3.62. The highest BCUT2D eigenvalue weighted by Crippen LogP contribution is 2.26. The maximum Gasteiger partial charge on any atom is 0.329 e. The van der Waals surface area contributed by atoms with Crippen LogP contribution in [0, 0.1) is 0 Å². The summed E-state index contributed by atoms with van der Waals surface area (Å²) in [6.45, 7) is 3.19. The SMILES string of the molecule is CC1(OCC(=O)O)CN(C(=O)CC2CCCCO2)C1. The van der Waals surface area contributed by atoms with Crippen molar-refractivity contribution in [2.24, 2.45) is 0 Å². The second kappa shape index (κ2) is 5.88. The Morgan fingerprint density at radius 3 is 2.74 bits per heavy atom. The Bertz CT molecular complexity index is 345. The van der Waals surface area contributed by atoms with Crippen molar-refractivity contribution >= 4 is 11.9 Å². The molecule has 1 N–H and O–H groups in total. The van der Waals surface area contributed by atoms with Gasteiger partial charge in [0.05, 0.1) is 25.6 Å². The lowest BCUT2D eigenvalue weighted by Crippen LogP contribution is -2.63. The molecule has 1 unspecified atom stereocenters. The molecule has 0 aromatic heterocycles. The molecule has 0 aromatic carbocycles. The van der Waals surface area contributed by atoms with Crippen LogP contribution in [-0.4, -0.2) is 59.9 Å². The van der Waals surface area contributed by atoms with Gasteiger partial charge in [-0.15, -0.1) is 0 Å². The van der Waals surface area contributed by atoms with Crippen molar-refractivity contribution in [2.75, 3.05) is 26.3 Å². The van der Waals surface area contributed by atoms with Gasteiger partial charge in [-0.3, -0.25) is 4.79 Å². The van der Waals surface area contributed by atoms with Crippen LogP contribution in [0.4, 0.5) is 0 Å². The Morgan fingerprint density at radius 1 is 1.42 bits per heavy atom. The first kappa shape index (κ1) is 14.3. The Morgan fingerprint density at radius 2 is 2.16 bits per heavy atom. The third-order valence-corrected chi connectivity index (χ3v) is 3.62. The Kier molecular flexibility index (Phi) is 4.42. The number of hydrogen-bond donors (Lipinski definition) is 1. The zero-order valence-corrected chi connectivity index (χ0v) is 11.3. The predicted molar refractivity (Wildman–Crippen MR) is 66.8 cm³/mol. The van der Waals surface area contributed by atoms with Gasteiger partial charge in [-0.2, -0.15) is 0 Å². The number of rotatable bonds is 5. The fourth-order valence-electron chi connectivity index (χ4n) is 2.56. The molecule has 2 aliphatic rings. The second-order valence-electron chi connectivity index (χ2n) is 5.57. The number of amides is 1. The molecule has 0 spiro atoms. The van der Waals surface area contributed by atoms with Crippen LogP contribution in [0.15, 0.2) is 0 Å². The second-order valence-corrected chi connectivity index (χ2v) is 5.57. The number of carboxylic acid groups (broad SMARTS) is 1. The van der Waals surface area contributed by atoms with E-state index in [4.69, 9.17) is 14.6 Å². The number of carbonyl (C=O) groups is 2. The van der Waals surface area contributed by atoms with E-state index < -0.39 is 11.6 Å². The van der Waals surface area contributed by atoms with Crippen molar-refractivity contribution in [1.82, 2.24) is 4.90 Å². The van der Waals surface area contributed by atoms with E-state index in [2.05, 4.69) is 0 Å². The van der Waals surface area contributed by atoms with Crippen LogP contribution in [-0.2, 0) is 19.1 Å². The van der Waals surface area contributed by atoms with Crippen LogP contribution in [0.3, 0.4) is 0 Å². The lowest BCUT2D eigenvalue weighted by molar-refractivity contribution is -0.174. The van der Waals surface area contributed by atoms with Crippen molar-refractivity contribution in [3.05, 3.63) is 0 Å². The number of ether oxygens (including phenoxy) is 2. The number of hydrogen-bond acceptors (Lipinski definition) is 4. The maximum absolute atomic E-state index is 12.0. The minimum Gasteiger partial charge on any atom is -0.480 e. The van der Waals surface area contributed by atoms with E-state index >= 15 is 0 Å². The smallest absolute Gasteiger partial charge is 0.329 e. The summed E-state index contributed by atoms with van der Waals surface area (Å²) >= 11 is 0. The zero-order valence-electron chi connectivity index (χ0n) is 11.3. The van der Waals surface area contributed by atoms with E-state index in [1.165, 1.54) is 0 Å². The standard InChI is InChI=1S/C13H21NO5/c1-13(19-7-12(16)17)8-14(9-13)11(15)6-10-4-2-3-5-18-10/h10H,2-9H2,1H3,(H,16,17). The quantitative estimate of drug-likeness (QED) is 0.794. The highest BCUT2D eigenvalue weighted by molar-refractivity contribution is 5.78. The lowest BCUT2D eigenvalue weighted by atomic mass is 9.95. The molecule has 1 atom stereocenters. The van der Waals surface area contributed by atoms with Gasteiger partial charge in [0.2, 0.25) is 5.91 Å². The first-order chi connectivity index (χ1) is 8.98. The molecule has 0 aliphatic carbocycles. The molecule has 0 aromatic rings. The molecule has 2 rings (SSSR count). The number of nitrogens with zero attached hydrogens (tertiary/aromatic N) is 1. The van der Waals surface area contributed by atoms with Gasteiger partial charge in [0, 0.05) is 6.61 Å². The summed E-state index contributed by atoms with van der Waals surface area (Å²) in [6, 6.07) is 0. The predicted octanol–water partition coefficient (Wildman–Crippen LogP) is 0.648. The topological polar surface area (TPSA) is 76.1 Å². The van der Waals surface area contributed by atoms with Crippen molar-refractivity contribution in [2.45, 2.75) is 44.3 Å². The minimum absolute atomic E-state index is 0.0491. The lowest BCUT2D eigenvalue weighted by Gasteiger charge is -2.47. The Labute approximate surface area is 112 Å². The summed E-state index contributed by atoms with van der Waals surface area (Å²) in [7, 11) is 0. The maximum atomic E-state index is 12.0. The molecule has 1 amide bonds. The minimum atomic E-state index is -0.985. The van der Waals surface area contributed by atoms with E-state index in [-0.39, 0.29) is 18.6 Å². The average molecular weight is 271 g/mol. The molecule has 0 radical (unpaired) electrons. The van der Waals surface area contributed by atoms with E-state index in [0.717, 1.165) is 25.9 Å². The van der Waals surface area contributed by atoms with Gasteiger partial charge in [-0.1, -0.05) is 0 Å². The number of carboxylic acids is 1. The highest BCUT2D eigenvalue weighted by atomic mass is 16.5. The van der Waals surface area contributed by atoms with Crippen molar-refractivity contribution in [3.63, 3.8) is 0 Å². The van der Waals surface area contributed by atoms with Crippen LogP contribution in [0.5, 0.6) is 0 Å². The van der Waals surface area contributed by atoms with E-state index in [9.17, 15) is 9.59 Å². The summed E-state index contributed by atoms with van der Waals surface area (Å²) in [4.78, 5) is 24.1. The zero-order chi connectivity index (χ0) is 13.9. The number of likely N-dealkylation sites (tertiary alicyclic amines) is 1.